The molecule has 4 rings (SSSR count). The van der Waals surface area contributed by atoms with Gasteiger partial charge in [0, 0.05) is 11.1 Å². The van der Waals surface area contributed by atoms with Gasteiger partial charge in [-0.05, 0) is 44.1 Å². The largest absolute Gasteiger partial charge is 0.391 e. The van der Waals surface area contributed by atoms with Crippen molar-refractivity contribution >= 4 is 0 Å². The van der Waals surface area contributed by atoms with Crippen molar-refractivity contribution in [1.82, 2.24) is 9.55 Å². The number of alkyl halides is 3. The Hall–Kier alpha value is -2.25. The molecule has 1 saturated carbocycles. The van der Waals surface area contributed by atoms with Crippen LogP contribution in [0.1, 0.15) is 43.7 Å². The van der Waals surface area contributed by atoms with Crippen LogP contribution in [-0.4, -0.2) is 21.8 Å². The van der Waals surface area contributed by atoms with Gasteiger partial charge < -0.3 is 4.57 Å². The minimum atomic E-state index is -4.19. The van der Waals surface area contributed by atoms with Gasteiger partial charge >= 0.3 is 6.18 Å². The molecule has 0 N–H and O–H groups in total. The molecule has 0 amide bonds. The molecule has 2 unspecified atom stereocenters. The Morgan fingerprint density at radius 2 is 1.96 bits per heavy atom. The minimum Gasteiger partial charge on any atom is -0.323 e. The zero-order valence-corrected chi connectivity index (χ0v) is 14.5. The van der Waals surface area contributed by atoms with Crippen LogP contribution in [0.3, 0.4) is 0 Å². The van der Waals surface area contributed by atoms with E-state index in [-0.39, 0.29) is 31.0 Å². The van der Waals surface area contributed by atoms with Gasteiger partial charge in [0.05, 0.1) is 36.2 Å². The predicted molar refractivity (Wildman–Crippen MR) is 91.5 cm³/mol. The number of imidazole rings is 1. The normalized spacial score (nSPS) is 25.7. The fourth-order valence-corrected chi connectivity index (χ4v) is 4.61. The van der Waals surface area contributed by atoms with Gasteiger partial charge in [-0.1, -0.05) is 17.3 Å². The topological polar surface area (TPSA) is 47.2 Å². The average molecular weight is 381 g/mol. The zero-order chi connectivity index (χ0) is 19.2. The highest BCUT2D eigenvalue weighted by atomic mass is 19.4. The van der Waals surface area contributed by atoms with Crippen molar-refractivity contribution < 1.29 is 17.6 Å². The number of fused-ring (bicyclic) bond motifs is 3. The SMILES string of the molecule is O=NC(CC1c2c(F)cccc2-c2cncn21)C1CCC(C(F)(F)F)CC1. The van der Waals surface area contributed by atoms with Crippen LogP contribution < -0.4 is 0 Å². The highest BCUT2D eigenvalue weighted by molar-refractivity contribution is 5.69. The van der Waals surface area contributed by atoms with Crippen LogP contribution >= 0.6 is 0 Å². The molecule has 1 fully saturated rings. The van der Waals surface area contributed by atoms with Gasteiger partial charge in [-0.2, -0.15) is 18.1 Å². The fraction of sp³-hybridized carbons (Fsp3) is 0.526. The van der Waals surface area contributed by atoms with Gasteiger partial charge in [0.25, 0.3) is 0 Å². The summed E-state index contributed by atoms with van der Waals surface area (Å²) >= 11 is 0. The third-order valence-electron chi connectivity index (χ3n) is 6.04. The van der Waals surface area contributed by atoms with E-state index in [2.05, 4.69) is 10.2 Å². The maximum absolute atomic E-state index is 14.5. The number of hydrogen-bond acceptors (Lipinski definition) is 3. The molecule has 2 atom stereocenters. The van der Waals surface area contributed by atoms with Crippen LogP contribution in [0.4, 0.5) is 17.6 Å². The Morgan fingerprint density at radius 1 is 1.22 bits per heavy atom. The number of aromatic nitrogens is 2. The maximum atomic E-state index is 14.5. The van der Waals surface area contributed by atoms with E-state index >= 15 is 0 Å². The molecule has 0 spiro atoms. The smallest absolute Gasteiger partial charge is 0.323 e. The van der Waals surface area contributed by atoms with E-state index in [1.165, 1.54) is 6.07 Å². The first kappa shape index (κ1) is 18.1. The van der Waals surface area contributed by atoms with Crippen LogP contribution in [0.5, 0.6) is 0 Å². The molecule has 1 aromatic heterocycles. The fourth-order valence-electron chi connectivity index (χ4n) is 4.61. The summed E-state index contributed by atoms with van der Waals surface area (Å²) in [4.78, 5) is 15.6. The van der Waals surface area contributed by atoms with Crippen LogP contribution in [0, 0.1) is 22.6 Å². The lowest BCUT2D eigenvalue weighted by Crippen LogP contribution is -2.32. The monoisotopic (exact) mass is 381 g/mol. The molecule has 2 heterocycles. The number of benzene rings is 1. The van der Waals surface area contributed by atoms with Crippen LogP contribution in [0.2, 0.25) is 0 Å². The van der Waals surface area contributed by atoms with Crippen molar-refractivity contribution in [3.63, 3.8) is 0 Å². The first-order valence-electron chi connectivity index (χ1n) is 9.10. The Bertz CT molecular complexity index is 840. The van der Waals surface area contributed by atoms with Crippen LogP contribution in [0.15, 0.2) is 35.9 Å². The molecule has 1 aromatic carbocycles. The molecule has 144 valence electrons. The summed E-state index contributed by atoms with van der Waals surface area (Å²) < 4.78 is 55.0. The standard InChI is InChI=1S/C19H19F4N3O/c20-14-3-1-2-13-17-9-24-10-26(17)16(18(13)14)8-15(25-27)11-4-6-12(7-5-11)19(21,22)23/h1-3,9-12,15-16H,4-8H2. The van der Waals surface area contributed by atoms with Crippen molar-refractivity contribution in [3.05, 3.63) is 47.0 Å². The number of rotatable bonds is 4. The summed E-state index contributed by atoms with van der Waals surface area (Å²) in [5, 5.41) is 3.23. The van der Waals surface area contributed by atoms with Crippen molar-refractivity contribution in [2.45, 2.75) is 50.4 Å². The molecule has 0 bridgehead atoms. The molecule has 2 aliphatic rings. The van der Waals surface area contributed by atoms with E-state index < -0.39 is 24.2 Å². The molecular formula is C19H19F4N3O. The summed E-state index contributed by atoms with van der Waals surface area (Å²) in [7, 11) is 0. The Balaban J connectivity index is 1.54. The number of halogens is 4. The van der Waals surface area contributed by atoms with Gasteiger partial charge in [0.15, 0.2) is 0 Å². The molecular weight excluding hydrogens is 362 g/mol. The maximum Gasteiger partial charge on any atom is 0.391 e. The molecule has 0 radical (unpaired) electrons. The number of hydrogen-bond donors (Lipinski definition) is 0. The number of nitrogens with zero attached hydrogens (tertiary/aromatic N) is 3. The highest BCUT2D eigenvalue weighted by Crippen LogP contribution is 2.46. The second-order valence-corrected chi connectivity index (χ2v) is 7.46. The van der Waals surface area contributed by atoms with E-state index in [4.69, 9.17) is 0 Å². The third kappa shape index (κ3) is 3.15. The summed E-state index contributed by atoms with van der Waals surface area (Å²) in [5.74, 6) is -1.86. The minimum absolute atomic E-state index is 0.0200. The van der Waals surface area contributed by atoms with E-state index in [0.29, 0.717) is 18.4 Å². The van der Waals surface area contributed by atoms with E-state index in [1.807, 2.05) is 10.6 Å². The predicted octanol–water partition coefficient (Wildman–Crippen LogP) is 5.49. The zero-order valence-electron chi connectivity index (χ0n) is 14.5. The molecule has 8 heteroatoms. The summed E-state index contributed by atoms with van der Waals surface area (Å²) in [6.07, 6.45) is -0.00481. The molecule has 27 heavy (non-hydrogen) atoms. The lowest BCUT2D eigenvalue weighted by Gasteiger charge is -2.32. The molecule has 0 saturated heterocycles. The van der Waals surface area contributed by atoms with Crippen molar-refractivity contribution in [2.24, 2.45) is 17.0 Å². The number of nitroso groups, excluding NO2 is 1. The van der Waals surface area contributed by atoms with E-state index in [9.17, 15) is 22.5 Å². The lowest BCUT2D eigenvalue weighted by molar-refractivity contribution is -0.184. The van der Waals surface area contributed by atoms with Crippen LogP contribution in [-0.2, 0) is 0 Å². The van der Waals surface area contributed by atoms with Crippen molar-refractivity contribution in [2.75, 3.05) is 0 Å². The second-order valence-electron chi connectivity index (χ2n) is 7.46. The quantitative estimate of drug-likeness (QED) is 0.520. The Kier molecular flexibility index (Phi) is 4.52. The van der Waals surface area contributed by atoms with Crippen LogP contribution in [0.25, 0.3) is 11.3 Å². The van der Waals surface area contributed by atoms with Gasteiger partial charge in [0.1, 0.15) is 5.82 Å². The van der Waals surface area contributed by atoms with Gasteiger partial charge in [0.2, 0.25) is 0 Å². The molecule has 2 aromatic rings. The summed E-state index contributed by atoms with van der Waals surface area (Å²) in [5.41, 5.74) is 2.02. The third-order valence-corrected chi connectivity index (χ3v) is 6.04. The van der Waals surface area contributed by atoms with E-state index in [0.717, 1.165) is 11.3 Å². The Labute approximate surface area is 153 Å². The van der Waals surface area contributed by atoms with Crippen molar-refractivity contribution in [1.29, 1.82) is 0 Å². The molecule has 4 nitrogen and oxygen atoms in total. The lowest BCUT2D eigenvalue weighted by atomic mass is 9.76. The average Bonchev–Trinajstić information content (AvgIpc) is 3.22. The van der Waals surface area contributed by atoms with E-state index in [1.54, 1.807) is 18.6 Å². The van der Waals surface area contributed by atoms with Gasteiger partial charge in [-0.15, -0.1) is 0 Å². The van der Waals surface area contributed by atoms with Crippen molar-refractivity contribution in [3.8, 4) is 11.3 Å². The Morgan fingerprint density at radius 3 is 2.63 bits per heavy atom. The van der Waals surface area contributed by atoms with Gasteiger partial charge in [-0.3, -0.25) is 0 Å². The first-order valence-corrected chi connectivity index (χ1v) is 9.10. The summed E-state index contributed by atoms with van der Waals surface area (Å²) in [6.45, 7) is 0. The highest BCUT2D eigenvalue weighted by Gasteiger charge is 2.43. The molecule has 1 aliphatic carbocycles. The first-order chi connectivity index (χ1) is 12.9. The summed E-state index contributed by atoms with van der Waals surface area (Å²) in [6, 6.07) is 3.75. The molecule has 1 aliphatic heterocycles. The second kappa shape index (κ2) is 6.73. The van der Waals surface area contributed by atoms with Gasteiger partial charge in [-0.25, -0.2) is 9.37 Å².